The molecular weight excluding hydrogens is 374 g/mol. The fourth-order valence-electron chi connectivity index (χ4n) is 2.65. The first-order valence-electron chi connectivity index (χ1n) is 9.00. The number of methoxy groups -OCH3 is 2. The number of fused-ring (bicyclic) bond motifs is 1. The maximum atomic E-state index is 11.9. The standard InChI is InChI=1S/C21H23N3O5/c1-21(2,3)29-19(25)8-13-6-7-14(11-22-13)28-20-15-9-17(26-4)18(27-5)10-16(15)23-12-24-20/h6-7,9-12H,8H2,1-5H3. The van der Waals surface area contributed by atoms with Gasteiger partial charge in [-0.2, -0.15) is 0 Å². The Hall–Kier alpha value is -3.42. The van der Waals surface area contributed by atoms with E-state index in [0.717, 1.165) is 0 Å². The molecule has 0 amide bonds. The van der Waals surface area contributed by atoms with Gasteiger partial charge in [0.2, 0.25) is 5.88 Å². The van der Waals surface area contributed by atoms with Crippen LogP contribution in [0.15, 0.2) is 36.8 Å². The van der Waals surface area contributed by atoms with Gasteiger partial charge < -0.3 is 18.9 Å². The van der Waals surface area contributed by atoms with E-state index < -0.39 is 5.60 Å². The zero-order chi connectivity index (χ0) is 21.0. The Morgan fingerprint density at radius 2 is 1.72 bits per heavy atom. The van der Waals surface area contributed by atoms with Gasteiger partial charge >= 0.3 is 5.97 Å². The van der Waals surface area contributed by atoms with E-state index in [-0.39, 0.29) is 12.4 Å². The van der Waals surface area contributed by atoms with E-state index in [2.05, 4.69) is 15.0 Å². The molecule has 1 aromatic carbocycles. The van der Waals surface area contributed by atoms with Crippen molar-refractivity contribution in [2.75, 3.05) is 14.2 Å². The summed E-state index contributed by atoms with van der Waals surface area (Å²) in [7, 11) is 3.12. The smallest absolute Gasteiger partial charge is 0.312 e. The number of hydrogen-bond donors (Lipinski definition) is 0. The number of benzene rings is 1. The number of hydrogen-bond acceptors (Lipinski definition) is 8. The number of ether oxygens (including phenoxy) is 4. The third-order valence-electron chi connectivity index (χ3n) is 3.86. The average molecular weight is 397 g/mol. The molecular formula is C21H23N3O5. The molecule has 2 heterocycles. The third kappa shape index (κ3) is 5.10. The molecule has 0 saturated heterocycles. The Morgan fingerprint density at radius 3 is 2.34 bits per heavy atom. The van der Waals surface area contributed by atoms with Crippen LogP contribution < -0.4 is 14.2 Å². The maximum Gasteiger partial charge on any atom is 0.312 e. The van der Waals surface area contributed by atoms with Crippen LogP contribution in [0.3, 0.4) is 0 Å². The van der Waals surface area contributed by atoms with Crippen LogP contribution in [0.2, 0.25) is 0 Å². The van der Waals surface area contributed by atoms with Gasteiger partial charge in [0.15, 0.2) is 11.5 Å². The summed E-state index contributed by atoms with van der Waals surface area (Å²) in [6.07, 6.45) is 3.03. The summed E-state index contributed by atoms with van der Waals surface area (Å²) < 4.78 is 21.8. The van der Waals surface area contributed by atoms with Crippen LogP contribution in [0.5, 0.6) is 23.1 Å². The predicted molar refractivity (Wildman–Crippen MR) is 107 cm³/mol. The van der Waals surface area contributed by atoms with E-state index >= 15 is 0 Å². The summed E-state index contributed by atoms with van der Waals surface area (Å²) >= 11 is 0. The van der Waals surface area contributed by atoms with Crippen molar-refractivity contribution in [3.8, 4) is 23.1 Å². The molecule has 0 aliphatic heterocycles. The first-order chi connectivity index (χ1) is 13.8. The van der Waals surface area contributed by atoms with Crippen molar-refractivity contribution in [1.29, 1.82) is 0 Å². The molecule has 0 fully saturated rings. The van der Waals surface area contributed by atoms with Crippen LogP contribution in [0.4, 0.5) is 0 Å². The number of rotatable bonds is 6. The molecule has 0 saturated carbocycles. The molecule has 0 bridgehead atoms. The maximum absolute atomic E-state index is 11.9. The monoisotopic (exact) mass is 397 g/mol. The molecule has 2 aromatic heterocycles. The molecule has 0 aliphatic rings. The lowest BCUT2D eigenvalue weighted by atomic mass is 10.2. The Balaban J connectivity index is 1.79. The first-order valence-corrected chi connectivity index (χ1v) is 9.00. The van der Waals surface area contributed by atoms with Crippen molar-refractivity contribution in [2.45, 2.75) is 32.8 Å². The summed E-state index contributed by atoms with van der Waals surface area (Å²) in [6, 6.07) is 6.95. The minimum Gasteiger partial charge on any atom is -0.493 e. The number of carbonyl (C=O) groups is 1. The third-order valence-corrected chi connectivity index (χ3v) is 3.86. The van der Waals surface area contributed by atoms with Crippen LogP contribution in [-0.4, -0.2) is 40.7 Å². The number of aromatic nitrogens is 3. The lowest BCUT2D eigenvalue weighted by Crippen LogP contribution is -2.25. The van der Waals surface area contributed by atoms with Gasteiger partial charge in [-0.25, -0.2) is 9.97 Å². The van der Waals surface area contributed by atoms with E-state index in [0.29, 0.717) is 39.7 Å². The van der Waals surface area contributed by atoms with E-state index in [4.69, 9.17) is 18.9 Å². The highest BCUT2D eigenvalue weighted by Gasteiger charge is 2.17. The van der Waals surface area contributed by atoms with Gasteiger partial charge in [-0.15, -0.1) is 0 Å². The Bertz CT molecular complexity index is 1010. The van der Waals surface area contributed by atoms with Gasteiger partial charge in [-0.05, 0) is 39.0 Å². The van der Waals surface area contributed by atoms with E-state index in [9.17, 15) is 4.79 Å². The lowest BCUT2D eigenvalue weighted by molar-refractivity contribution is -0.154. The number of esters is 1. The van der Waals surface area contributed by atoms with Crippen molar-refractivity contribution in [2.24, 2.45) is 0 Å². The topological polar surface area (TPSA) is 92.7 Å². The van der Waals surface area contributed by atoms with Crippen LogP contribution in [0.25, 0.3) is 10.9 Å². The van der Waals surface area contributed by atoms with Gasteiger partial charge in [0.1, 0.15) is 17.7 Å². The van der Waals surface area contributed by atoms with Gasteiger partial charge in [-0.1, -0.05) is 0 Å². The van der Waals surface area contributed by atoms with E-state index in [1.54, 1.807) is 38.5 Å². The SMILES string of the molecule is COc1cc2ncnc(Oc3ccc(CC(=O)OC(C)(C)C)nc3)c2cc1OC. The fourth-order valence-corrected chi connectivity index (χ4v) is 2.65. The molecule has 0 unspecified atom stereocenters. The quantitative estimate of drug-likeness (QED) is 0.581. The normalized spacial score (nSPS) is 11.2. The highest BCUT2D eigenvalue weighted by molar-refractivity contribution is 5.87. The van der Waals surface area contributed by atoms with Crippen molar-refractivity contribution >= 4 is 16.9 Å². The molecule has 152 valence electrons. The number of pyridine rings is 1. The van der Waals surface area contributed by atoms with Crippen LogP contribution in [0, 0.1) is 0 Å². The van der Waals surface area contributed by atoms with Crippen molar-refractivity contribution in [1.82, 2.24) is 15.0 Å². The summed E-state index contributed by atoms with van der Waals surface area (Å²) in [5.41, 5.74) is 0.713. The average Bonchev–Trinajstić information content (AvgIpc) is 2.67. The summed E-state index contributed by atoms with van der Waals surface area (Å²) in [6.45, 7) is 5.48. The second-order valence-corrected chi connectivity index (χ2v) is 7.25. The van der Waals surface area contributed by atoms with Crippen molar-refractivity contribution in [3.05, 3.63) is 42.5 Å². The molecule has 0 N–H and O–H groups in total. The minimum atomic E-state index is -0.530. The molecule has 0 radical (unpaired) electrons. The molecule has 8 nitrogen and oxygen atoms in total. The van der Waals surface area contributed by atoms with E-state index in [1.165, 1.54) is 12.5 Å². The number of carbonyl (C=O) groups excluding carboxylic acids is 1. The van der Waals surface area contributed by atoms with Gasteiger partial charge in [-0.3, -0.25) is 9.78 Å². The molecule has 0 spiro atoms. The summed E-state index contributed by atoms with van der Waals surface area (Å²) in [4.78, 5) is 24.7. The summed E-state index contributed by atoms with van der Waals surface area (Å²) in [5.74, 6) is 1.62. The van der Waals surface area contributed by atoms with Crippen LogP contribution in [-0.2, 0) is 16.0 Å². The second-order valence-electron chi connectivity index (χ2n) is 7.25. The number of nitrogens with zero attached hydrogens (tertiary/aromatic N) is 3. The highest BCUT2D eigenvalue weighted by atomic mass is 16.6. The first kappa shape index (κ1) is 20.3. The van der Waals surface area contributed by atoms with Crippen molar-refractivity contribution in [3.63, 3.8) is 0 Å². The molecule has 3 rings (SSSR count). The van der Waals surface area contributed by atoms with E-state index in [1.807, 2.05) is 20.8 Å². The van der Waals surface area contributed by atoms with Gasteiger partial charge in [0, 0.05) is 6.07 Å². The van der Waals surface area contributed by atoms with Crippen LogP contribution >= 0.6 is 0 Å². The lowest BCUT2D eigenvalue weighted by Gasteiger charge is -2.19. The predicted octanol–water partition coefficient (Wildman–Crippen LogP) is 3.72. The van der Waals surface area contributed by atoms with Gasteiger partial charge in [0.25, 0.3) is 0 Å². The fraction of sp³-hybridized carbons (Fsp3) is 0.333. The van der Waals surface area contributed by atoms with Crippen LogP contribution in [0.1, 0.15) is 26.5 Å². The largest absolute Gasteiger partial charge is 0.493 e. The van der Waals surface area contributed by atoms with Gasteiger partial charge in [0.05, 0.1) is 43.4 Å². The highest BCUT2D eigenvalue weighted by Crippen LogP contribution is 2.35. The summed E-state index contributed by atoms with van der Waals surface area (Å²) in [5, 5.41) is 0.669. The zero-order valence-electron chi connectivity index (χ0n) is 17.1. The second kappa shape index (κ2) is 8.30. The molecule has 3 aromatic rings. The molecule has 8 heteroatoms. The Morgan fingerprint density at radius 1 is 1.00 bits per heavy atom. The minimum absolute atomic E-state index is 0.0883. The zero-order valence-corrected chi connectivity index (χ0v) is 17.1. The van der Waals surface area contributed by atoms with Crippen molar-refractivity contribution < 1.29 is 23.7 Å². The molecule has 29 heavy (non-hydrogen) atoms. The molecule has 0 atom stereocenters. The Labute approximate surface area is 168 Å². The molecule has 0 aliphatic carbocycles. The Kier molecular flexibility index (Phi) is 5.81.